The number of nitrogens with zero attached hydrogens (tertiary/aromatic N) is 1. The Bertz CT molecular complexity index is 764. The van der Waals surface area contributed by atoms with Crippen molar-refractivity contribution in [1.82, 2.24) is 4.98 Å². The molecule has 0 fully saturated rings. The highest BCUT2D eigenvalue weighted by molar-refractivity contribution is 7.18. The van der Waals surface area contributed by atoms with Crippen molar-refractivity contribution >= 4 is 27.5 Å². The van der Waals surface area contributed by atoms with Crippen molar-refractivity contribution in [3.63, 3.8) is 0 Å². The van der Waals surface area contributed by atoms with Crippen LogP contribution in [-0.2, 0) is 22.7 Å². The molecule has 0 saturated carbocycles. The normalized spacial score (nSPS) is 10.8. The van der Waals surface area contributed by atoms with Gasteiger partial charge in [0.2, 0.25) is 0 Å². The predicted molar refractivity (Wildman–Crippen MR) is 85.9 cm³/mol. The van der Waals surface area contributed by atoms with Crippen LogP contribution in [0.2, 0.25) is 0 Å². The van der Waals surface area contributed by atoms with Gasteiger partial charge in [0.05, 0.1) is 22.4 Å². The molecular formula is C17H15NO3S. The Morgan fingerprint density at radius 1 is 1.14 bits per heavy atom. The second-order valence-electron chi connectivity index (χ2n) is 4.78. The Morgan fingerprint density at radius 3 is 2.82 bits per heavy atom. The van der Waals surface area contributed by atoms with Gasteiger partial charge >= 0.3 is 5.97 Å². The number of esters is 1. The summed E-state index contributed by atoms with van der Waals surface area (Å²) in [6.07, 6.45) is 0. The number of rotatable bonds is 5. The molecule has 3 rings (SSSR count). The maximum Gasteiger partial charge on any atom is 0.338 e. The Kier molecular flexibility index (Phi) is 4.46. The number of aromatic nitrogens is 1. The van der Waals surface area contributed by atoms with E-state index >= 15 is 0 Å². The number of ether oxygens (including phenoxy) is 2. The summed E-state index contributed by atoms with van der Waals surface area (Å²) in [7, 11) is 1.62. The summed E-state index contributed by atoms with van der Waals surface area (Å²) in [5.41, 5.74) is 2.40. The summed E-state index contributed by atoms with van der Waals surface area (Å²) < 4.78 is 11.5. The van der Waals surface area contributed by atoms with Crippen molar-refractivity contribution < 1.29 is 14.3 Å². The second-order valence-corrected chi connectivity index (χ2v) is 5.90. The van der Waals surface area contributed by atoms with Crippen LogP contribution in [0.1, 0.15) is 20.9 Å². The van der Waals surface area contributed by atoms with Crippen molar-refractivity contribution in [2.24, 2.45) is 0 Å². The van der Waals surface area contributed by atoms with Crippen LogP contribution in [-0.4, -0.2) is 18.1 Å². The zero-order valence-electron chi connectivity index (χ0n) is 12.1. The number of hydrogen-bond donors (Lipinski definition) is 0. The number of hydrogen-bond acceptors (Lipinski definition) is 5. The van der Waals surface area contributed by atoms with E-state index in [0.29, 0.717) is 12.2 Å². The van der Waals surface area contributed by atoms with Gasteiger partial charge < -0.3 is 9.47 Å². The smallest absolute Gasteiger partial charge is 0.338 e. The molecule has 0 atom stereocenters. The van der Waals surface area contributed by atoms with Crippen LogP contribution >= 0.6 is 11.3 Å². The highest BCUT2D eigenvalue weighted by Gasteiger charge is 2.10. The van der Waals surface area contributed by atoms with E-state index in [0.717, 1.165) is 20.8 Å². The van der Waals surface area contributed by atoms with Gasteiger partial charge in [-0.05, 0) is 29.8 Å². The fourth-order valence-electron chi connectivity index (χ4n) is 2.15. The molecule has 112 valence electrons. The standard InChI is InChI=1S/C17H15NO3S/c1-20-10-12-5-4-6-13(9-12)17(19)21-11-16-18-14-7-2-3-8-15(14)22-16/h2-9H,10-11H2,1H3. The molecule has 0 aliphatic rings. The van der Waals surface area contributed by atoms with E-state index in [1.807, 2.05) is 36.4 Å². The molecule has 0 amide bonds. The fourth-order valence-corrected chi connectivity index (χ4v) is 3.03. The van der Waals surface area contributed by atoms with Crippen LogP contribution < -0.4 is 0 Å². The lowest BCUT2D eigenvalue weighted by molar-refractivity contribution is 0.0472. The molecule has 0 radical (unpaired) electrons. The monoisotopic (exact) mass is 313 g/mol. The zero-order valence-corrected chi connectivity index (χ0v) is 12.9. The molecule has 0 N–H and O–H groups in total. The first-order chi connectivity index (χ1) is 10.8. The molecule has 0 aliphatic heterocycles. The van der Waals surface area contributed by atoms with Crippen LogP contribution in [0.4, 0.5) is 0 Å². The van der Waals surface area contributed by atoms with Crippen LogP contribution in [0.5, 0.6) is 0 Å². The van der Waals surface area contributed by atoms with E-state index in [2.05, 4.69) is 4.98 Å². The SMILES string of the molecule is COCc1cccc(C(=O)OCc2nc3ccccc3s2)c1. The average Bonchev–Trinajstić information content (AvgIpc) is 2.96. The van der Waals surface area contributed by atoms with Gasteiger partial charge in [-0.2, -0.15) is 0 Å². The Labute approximate surface area is 132 Å². The topological polar surface area (TPSA) is 48.4 Å². The summed E-state index contributed by atoms with van der Waals surface area (Å²) in [6.45, 7) is 0.658. The van der Waals surface area contributed by atoms with Crippen molar-refractivity contribution in [3.8, 4) is 0 Å². The number of para-hydroxylation sites is 1. The minimum Gasteiger partial charge on any atom is -0.455 e. The lowest BCUT2D eigenvalue weighted by atomic mass is 10.1. The summed E-state index contributed by atoms with van der Waals surface area (Å²) >= 11 is 1.54. The third-order valence-corrected chi connectivity index (χ3v) is 4.15. The van der Waals surface area contributed by atoms with E-state index in [4.69, 9.17) is 9.47 Å². The number of thiazole rings is 1. The van der Waals surface area contributed by atoms with Gasteiger partial charge in [0.25, 0.3) is 0 Å². The molecule has 0 spiro atoms. The second kappa shape index (κ2) is 6.68. The van der Waals surface area contributed by atoms with Crippen LogP contribution in [0.25, 0.3) is 10.2 Å². The van der Waals surface area contributed by atoms with E-state index in [1.54, 1.807) is 19.2 Å². The van der Waals surface area contributed by atoms with E-state index in [-0.39, 0.29) is 12.6 Å². The van der Waals surface area contributed by atoms with Crippen molar-refractivity contribution in [2.45, 2.75) is 13.2 Å². The lowest BCUT2D eigenvalue weighted by Gasteiger charge is -2.05. The number of carbonyl (C=O) groups is 1. The zero-order chi connectivity index (χ0) is 15.4. The van der Waals surface area contributed by atoms with Gasteiger partial charge in [-0.3, -0.25) is 0 Å². The van der Waals surface area contributed by atoms with E-state index in [9.17, 15) is 4.79 Å². The highest BCUT2D eigenvalue weighted by Crippen LogP contribution is 2.22. The Balaban J connectivity index is 1.67. The molecule has 0 saturated heterocycles. The molecule has 2 aromatic carbocycles. The predicted octanol–water partition coefficient (Wildman–Crippen LogP) is 3.80. The Hall–Kier alpha value is -2.24. The van der Waals surface area contributed by atoms with Gasteiger partial charge in [0.15, 0.2) is 0 Å². The van der Waals surface area contributed by atoms with Crippen LogP contribution in [0.15, 0.2) is 48.5 Å². The first kappa shape index (κ1) is 14.7. The minimum absolute atomic E-state index is 0.187. The molecule has 4 nitrogen and oxygen atoms in total. The number of carbonyl (C=O) groups excluding carboxylic acids is 1. The molecular weight excluding hydrogens is 298 g/mol. The van der Waals surface area contributed by atoms with Gasteiger partial charge in [-0.15, -0.1) is 11.3 Å². The molecule has 3 aromatic rings. The molecule has 1 aromatic heterocycles. The first-order valence-electron chi connectivity index (χ1n) is 6.86. The van der Waals surface area contributed by atoms with Gasteiger partial charge in [-0.25, -0.2) is 9.78 Å². The first-order valence-corrected chi connectivity index (χ1v) is 7.67. The fraction of sp³-hybridized carbons (Fsp3) is 0.176. The van der Waals surface area contributed by atoms with Crippen LogP contribution in [0, 0.1) is 0 Å². The number of methoxy groups -OCH3 is 1. The minimum atomic E-state index is -0.350. The lowest BCUT2D eigenvalue weighted by Crippen LogP contribution is -2.05. The summed E-state index contributed by atoms with van der Waals surface area (Å²) in [6, 6.07) is 15.1. The molecule has 1 heterocycles. The number of fused-ring (bicyclic) bond motifs is 1. The largest absolute Gasteiger partial charge is 0.455 e. The third-order valence-electron chi connectivity index (χ3n) is 3.14. The molecule has 0 bridgehead atoms. The van der Waals surface area contributed by atoms with Crippen LogP contribution in [0.3, 0.4) is 0 Å². The van der Waals surface area contributed by atoms with Crippen molar-refractivity contribution in [2.75, 3.05) is 7.11 Å². The van der Waals surface area contributed by atoms with Crippen molar-refractivity contribution in [1.29, 1.82) is 0 Å². The maximum absolute atomic E-state index is 12.1. The highest BCUT2D eigenvalue weighted by atomic mass is 32.1. The van der Waals surface area contributed by atoms with Gasteiger partial charge in [0, 0.05) is 7.11 Å². The average molecular weight is 313 g/mol. The number of benzene rings is 2. The van der Waals surface area contributed by atoms with E-state index < -0.39 is 0 Å². The summed E-state index contributed by atoms with van der Waals surface area (Å²) in [5.74, 6) is -0.350. The summed E-state index contributed by atoms with van der Waals surface area (Å²) in [4.78, 5) is 16.6. The van der Waals surface area contributed by atoms with Gasteiger partial charge in [0.1, 0.15) is 11.6 Å². The quantitative estimate of drug-likeness (QED) is 0.672. The molecule has 0 unspecified atom stereocenters. The van der Waals surface area contributed by atoms with Gasteiger partial charge in [-0.1, -0.05) is 24.3 Å². The maximum atomic E-state index is 12.1. The van der Waals surface area contributed by atoms with Crippen molar-refractivity contribution in [3.05, 3.63) is 64.7 Å². The molecule has 5 heteroatoms. The molecule has 22 heavy (non-hydrogen) atoms. The van der Waals surface area contributed by atoms with E-state index in [1.165, 1.54) is 11.3 Å². The summed E-state index contributed by atoms with van der Waals surface area (Å²) in [5, 5.41) is 0.794. The third kappa shape index (κ3) is 3.32. The Morgan fingerprint density at radius 2 is 2.00 bits per heavy atom. The molecule has 0 aliphatic carbocycles.